The van der Waals surface area contributed by atoms with Crippen molar-refractivity contribution in [3.05, 3.63) is 0 Å². The van der Waals surface area contributed by atoms with Gasteiger partial charge in [0.05, 0.1) is 14.6 Å². The summed E-state index contributed by atoms with van der Waals surface area (Å²) < 4.78 is 30.3. The van der Waals surface area contributed by atoms with E-state index in [0.717, 1.165) is 0 Å². The number of hydrogen-bond acceptors (Lipinski definition) is 4. The topological polar surface area (TPSA) is 72.8 Å². The monoisotopic (exact) mass is 253 g/mol. The van der Waals surface area contributed by atoms with Crippen LogP contribution in [0.2, 0.25) is 0 Å². The minimum absolute atomic E-state index is 0.0449. The van der Waals surface area contributed by atoms with Gasteiger partial charge in [0.15, 0.2) is 5.64 Å². The molecule has 96 valence electrons. The summed E-state index contributed by atoms with van der Waals surface area (Å²) in [4.78, 5) is 11.2. The Kier molecular flexibility index (Phi) is 6.03. The highest BCUT2D eigenvalue weighted by Gasteiger charge is 2.41. The highest BCUT2D eigenvalue weighted by molar-refractivity contribution is 7.55. The third-order valence-corrected chi connectivity index (χ3v) is 4.01. The molecule has 0 amide bonds. The van der Waals surface area contributed by atoms with Crippen LogP contribution in [0.15, 0.2) is 0 Å². The molecular weight excluding hydrogens is 231 g/mol. The van der Waals surface area contributed by atoms with E-state index in [-0.39, 0.29) is 25.6 Å². The van der Waals surface area contributed by atoms with Crippen molar-refractivity contribution in [3.63, 3.8) is 0 Å². The first-order chi connectivity index (χ1) is 7.73. The van der Waals surface area contributed by atoms with E-state index in [2.05, 4.69) is 0 Å². The van der Waals surface area contributed by atoms with Gasteiger partial charge in [-0.1, -0.05) is 13.8 Å². The van der Waals surface area contributed by atoms with Gasteiger partial charge in [-0.25, -0.2) is 0 Å². The molecule has 0 aliphatic rings. The predicted octanol–water partition coefficient (Wildman–Crippen LogP) is 2.75. The zero-order valence-electron chi connectivity index (χ0n) is 11.2. The molecule has 6 heteroatoms. The Hall–Kier alpha value is -0.380. The van der Waals surface area contributed by atoms with Crippen LogP contribution in [0.25, 0.3) is 0 Å². The van der Waals surface area contributed by atoms with E-state index < -0.39 is 19.2 Å². The zero-order chi connectivity index (χ0) is 13.7. The maximum Gasteiger partial charge on any atom is 0.344 e. The van der Waals surface area contributed by atoms with Gasteiger partial charge in [-0.05, 0) is 26.2 Å². The molecule has 0 aromatic heterocycles. The molecule has 0 heterocycles. The zero-order valence-corrected chi connectivity index (χ0v) is 11.1. The van der Waals surface area contributed by atoms with Crippen molar-refractivity contribution in [2.24, 2.45) is 5.92 Å². The summed E-state index contributed by atoms with van der Waals surface area (Å²) in [5.74, 6) is -1.57. The van der Waals surface area contributed by atoms with Gasteiger partial charge >= 0.3 is 13.6 Å². The number of carbonyl (C=O) groups is 1. The average Bonchev–Trinajstić information content (AvgIpc) is 2.16. The lowest BCUT2D eigenvalue weighted by molar-refractivity contribution is -0.137. The fourth-order valence-electron chi connectivity index (χ4n) is 1.24. The summed E-state index contributed by atoms with van der Waals surface area (Å²) >= 11 is 0. The lowest BCUT2D eigenvalue weighted by Gasteiger charge is -2.24. The van der Waals surface area contributed by atoms with E-state index in [0.29, 0.717) is 0 Å². The molecular formula is C10H21O5P. The Bertz CT molecular complexity index is 297. The van der Waals surface area contributed by atoms with E-state index in [1.165, 1.54) is 0 Å². The fraction of sp³-hybridized carbons (Fsp3) is 0.900. The second-order valence-corrected chi connectivity index (χ2v) is 5.73. The molecule has 1 atom stereocenters. The molecule has 1 N–H and O–H groups in total. The molecule has 0 aromatic rings. The molecule has 0 saturated carbocycles. The molecule has 0 aliphatic carbocycles. The number of rotatable bonds is 8. The second-order valence-electron chi connectivity index (χ2n) is 3.68. The molecule has 0 fully saturated rings. The van der Waals surface area contributed by atoms with Gasteiger partial charge in [0, 0.05) is 0 Å². The van der Waals surface area contributed by atoms with Crippen molar-refractivity contribution < 1.29 is 24.9 Å². The molecule has 1 unspecified atom stereocenters. The Balaban J connectivity index is 5.37. The number of carboxylic acid groups (broad SMARTS) is 1. The van der Waals surface area contributed by atoms with Gasteiger partial charge < -0.3 is 14.2 Å². The summed E-state index contributed by atoms with van der Waals surface area (Å²) in [5.41, 5.74) is -2.24. The number of aliphatic carboxylic acids is 1. The van der Waals surface area contributed by atoms with Crippen molar-refractivity contribution in [3.8, 4) is 0 Å². The van der Waals surface area contributed by atoms with Crippen LogP contribution in [0.5, 0.6) is 0 Å². The fourth-order valence-corrected chi connectivity index (χ4v) is 3.13. The maximum absolute atomic E-state index is 12.4. The molecule has 0 spiro atoms. The second kappa shape index (κ2) is 7.05. The minimum Gasteiger partial charge on any atom is -0.481 e. The van der Waals surface area contributed by atoms with E-state index in [9.17, 15) is 9.36 Å². The summed E-state index contributed by atoms with van der Waals surface area (Å²) in [6.45, 7) is 6.78. The van der Waals surface area contributed by atoms with Crippen LogP contribution in [0, 0.1) is 5.92 Å². The first kappa shape index (κ1) is 13.7. The van der Waals surface area contributed by atoms with Crippen LogP contribution in [0.3, 0.4) is 0 Å². The predicted molar refractivity (Wildman–Crippen MR) is 61.7 cm³/mol. The Morgan fingerprint density at radius 2 is 1.81 bits per heavy atom. The standard InChI is InChI=1S/C10H21O5P/c1-5-14-16(13,15-6-2)9(10(11)12)7-8(3)4/h8-9H,5-7H2,1-4H3,(H,11,12)/i9D. The van der Waals surface area contributed by atoms with E-state index in [4.69, 9.17) is 15.5 Å². The smallest absolute Gasteiger partial charge is 0.344 e. The molecule has 16 heavy (non-hydrogen) atoms. The highest BCUT2D eigenvalue weighted by Crippen LogP contribution is 2.54. The molecule has 0 bridgehead atoms. The molecule has 0 aromatic carbocycles. The maximum atomic E-state index is 12.4. The Morgan fingerprint density at radius 3 is 2.06 bits per heavy atom. The minimum atomic E-state index is -3.98. The Morgan fingerprint density at radius 1 is 1.38 bits per heavy atom. The summed E-state index contributed by atoms with van der Waals surface area (Å²) in [6.07, 6.45) is -0.0837. The quantitative estimate of drug-likeness (QED) is 0.673. The first-order valence-corrected chi connectivity index (χ1v) is 6.90. The summed E-state index contributed by atoms with van der Waals surface area (Å²) in [6, 6.07) is 0. The lowest BCUT2D eigenvalue weighted by Crippen LogP contribution is -2.25. The van der Waals surface area contributed by atoms with Gasteiger partial charge in [0.2, 0.25) is 0 Å². The van der Waals surface area contributed by atoms with Crippen LogP contribution >= 0.6 is 7.60 Å². The lowest BCUT2D eigenvalue weighted by atomic mass is 10.1. The van der Waals surface area contributed by atoms with Crippen LogP contribution in [0.1, 0.15) is 35.5 Å². The molecule has 0 rings (SSSR count). The van der Waals surface area contributed by atoms with E-state index in [1.54, 1.807) is 27.7 Å². The van der Waals surface area contributed by atoms with Crippen LogP contribution in [-0.4, -0.2) is 29.9 Å². The first-order valence-electron chi connectivity index (χ1n) is 5.86. The molecule has 0 saturated heterocycles. The molecule has 0 radical (unpaired) electrons. The van der Waals surface area contributed by atoms with E-state index in [1.807, 2.05) is 0 Å². The summed E-state index contributed by atoms with van der Waals surface area (Å²) in [5, 5.41) is 9.15. The summed E-state index contributed by atoms with van der Waals surface area (Å²) in [7, 11) is -3.98. The normalized spacial score (nSPS) is 16.9. The SMILES string of the molecule is [2H]C(CC(C)C)(C(=O)O)P(=O)(OCC)OCC. The van der Waals surface area contributed by atoms with Crippen molar-refractivity contribution in [1.82, 2.24) is 0 Å². The highest BCUT2D eigenvalue weighted by atomic mass is 31.2. The van der Waals surface area contributed by atoms with Crippen molar-refractivity contribution in [2.75, 3.05) is 13.2 Å². The van der Waals surface area contributed by atoms with Gasteiger partial charge in [-0.3, -0.25) is 9.36 Å². The van der Waals surface area contributed by atoms with E-state index >= 15 is 0 Å². The van der Waals surface area contributed by atoms with Crippen molar-refractivity contribution in [2.45, 2.75) is 39.8 Å². The van der Waals surface area contributed by atoms with Gasteiger partial charge in [-0.2, -0.15) is 0 Å². The van der Waals surface area contributed by atoms with Gasteiger partial charge in [0.1, 0.15) is 0 Å². The van der Waals surface area contributed by atoms with Gasteiger partial charge in [-0.15, -0.1) is 0 Å². The third-order valence-electron chi connectivity index (χ3n) is 1.78. The number of hydrogen-bond donors (Lipinski definition) is 1. The number of carboxylic acids is 1. The molecule has 0 aliphatic heterocycles. The van der Waals surface area contributed by atoms with Gasteiger partial charge in [0.25, 0.3) is 0 Å². The van der Waals surface area contributed by atoms with Crippen molar-refractivity contribution >= 4 is 13.6 Å². The third kappa shape index (κ3) is 4.64. The molecule has 5 nitrogen and oxygen atoms in total. The van der Waals surface area contributed by atoms with Crippen LogP contribution in [-0.2, 0) is 18.4 Å². The van der Waals surface area contributed by atoms with Crippen molar-refractivity contribution in [1.29, 1.82) is 0 Å². The van der Waals surface area contributed by atoms with Crippen LogP contribution in [0.4, 0.5) is 0 Å². The largest absolute Gasteiger partial charge is 0.481 e. The Labute approximate surface area is 98.1 Å². The average molecular weight is 253 g/mol. The van der Waals surface area contributed by atoms with Crippen LogP contribution < -0.4 is 0 Å².